The lowest BCUT2D eigenvalue weighted by Crippen LogP contribution is -2.46. The zero-order valence-corrected chi connectivity index (χ0v) is 13.0. The first kappa shape index (κ1) is 13.3. The minimum atomic E-state index is 0.195. The van der Waals surface area contributed by atoms with E-state index >= 15 is 0 Å². The van der Waals surface area contributed by atoms with Crippen LogP contribution in [0.4, 0.5) is 0 Å². The molecule has 4 heterocycles. The van der Waals surface area contributed by atoms with Crippen molar-refractivity contribution in [3.8, 4) is 0 Å². The van der Waals surface area contributed by atoms with Gasteiger partial charge >= 0.3 is 0 Å². The van der Waals surface area contributed by atoms with Gasteiger partial charge in [0.2, 0.25) is 5.91 Å². The van der Waals surface area contributed by atoms with Crippen LogP contribution in [0, 0.1) is 12.3 Å². The van der Waals surface area contributed by atoms with Crippen molar-refractivity contribution in [1.82, 2.24) is 14.3 Å². The molecular weight excluding hydrogens is 286 g/mol. The molecule has 0 N–H and O–H groups in total. The highest BCUT2D eigenvalue weighted by Gasteiger charge is 2.41. The van der Waals surface area contributed by atoms with Gasteiger partial charge in [-0.1, -0.05) is 0 Å². The summed E-state index contributed by atoms with van der Waals surface area (Å²) in [6.45, 7) is 5.14. The SMILES string of the molecule is Cc1csc2nc(CN3C[C@@]4(CCOC4)CCC3=O)cn12. The van der Waals surface area contributed by atoms with Crippen LogP contribution in [0.25, 0.3) is 4.96 Å². The third-order valence-corrected chi connectivity index (χ3v) is 5.68. The molecule has 0 aromatic carbocycles. The van der Waals surface area contributed by atoms with E-state index < -0.39 is 0 Å². The van der Waals surface area contributed by atoms with Gasteiger partial charge in [-0.3, -0.25) is 9.20 Å². The van der Waals surface area contributed by atoms with Crippen molar-refractivity contribution in [2.24, 2.45) is 5.41 Å². The third kappa shape index (κ3) is 2.26. The molecule has 2 aliphatic rings. The number of thiazole rings is 1. The van der Waals surface area contributed by atoms with Gasteiger partial charge in [0.25, 0.3) is 0 Å². The summed E-state index contributed by atoms with van der Waals surface area (Å²) in [6, 6.07) is 0. The highest BCUT2D eigenvalue weighted by molar-refractivity contribution is 7.15. The molecule has 2 aromatic rings. The van der Waals surface area contributed by atoms with Crippen molar-refractivity contribution in [2.45, 2.75) is 32.7 Å². The molecule has 112 valence electrons. The summed E-state index contributed by atoms with van der Waals surface area (Å²) < 4.78 is 7.67. The van der Waals surface area contributed by atoms with Gasteiger partial charge in [-0.05, 0) is 19.8 Å². The van der Waals surface area contributed by atoms with Crippen molar-refractivity contribution in [3.63, 3.8) is 0 Å². The maximum Gasteiger partial charge on any atom is 0.222 e. The number of likely N-dealkylation sites (tertiary alicyclic amines) is 1. The molecular formula is C15H19N3O2S. The number of amides is 1. The van der Waals surface area contributed by atoms with Gasteiger partial charge in [0, 0.05) is 42.3 Å². The summed E-state index contributed by atoms with van der Waals surface area (Å²) in [5, 5.41) is 2.10. The van der Waals surface area contributed by atoms with Crippen LogP contribution in [-0.4, -0.2) is 40.0 Å². The van der Waals surface area contributed by atoms with E-state index in [1.54, 1.807) is 11.3 Å². The van der Waals surface area contributed by atoms with Crippen LogP contribution in [0.3, 0.4) is 0 Å². The second-order valence-electron chi connectivity index (χ2n) is 6.31. The lowest BCUT2D eigenvalue weighted by molar-refractivity contribution is -0.138. The number of ether oxygens (including phenoxy) is 1. The fourth-order valence-electron chi connectivity index (χ4n) is 3.43. The Labute approximate surface area is 127 Å². The molecule has 2 aromatic heterocycles. The second kappa shape index (κ2) is 4.81. The first-order valence-electron chi connectivity index (χ1n) is 7.43. The number of carbonyl (C=O) groups is 1. The minimum Gasteiger partial charge on any atom is -0.381 e. The van der Waals surface area contributed by atoms with Crippen LogP contribution < -0.4 is 0 Å². The normalized spacial score (nSPS) is 26.3. The Morgan fingerprint density at radius 1 is 1.48 bits per heavy atom. The van der Waals surface area contributed by atoms with Crippen molar-refractivity contribution < 1.29 is 9.53 Å². The molecule has 1 amide bonds. The quantitative estimate of drug-likeness (QED) is 0.855. The summed E-state index contributed by atoms with van der Waals surface area (Å²) in [5.41, 5.74) is 2.37. The molecule has 4 rings (SSSR count). The highest BCUT2D eigenvalue weighted by atomic mass is 32.1. The van der Waals surface area contributed by atoms with Crippen LogP contribution >= 0.6 is 11.3 Å². The first-order valence-corrected chi connectivity index (χ1v) is 8.31. The number of hydrogen-bond acceptors (Lipinski definition) is 4. The molecule has 2 fully saturated rings. The molecule has 1 spiro atoms. The Balaban J connectivity index is 1.55. The van der Waals surface area contributed by atoms with Crippen LogP contribution in [-0.2, 0) is 16.1 Å². The molecule has 2 saturated heterocycles. The molecule has 2 aliphatic heterocycles. The number of rotatable bonds is 2. The van der Waals surface area contributed by atoms with E-state index in [1.165, 1.54) is 5.69 Å². The molecule has 0 aliphatic carbocycles. The molecule has 21 heavy (non-hydrogen) atoms. The Bertz CT molecular complexity index is 684. The highest BCUT2D eigenvalue weighted by Crippen LogP contribution is 2.38. The summed E-state index contributed by atoms with van der Waals surface area (Å²) in [5.74, 6) is 0.251. The topological polar surface area (TPSA) is 46.8 Å². The average Bonchev–Trinajstić information content (AvgIpc) is 3.14. The average molecular weight is 305 g/mol. The smallest absolute Gasteiger partial charge is 0.222 e. The molecule has 5 nitrogen and oxygen atoms in total. The minimum absolute atomic E-state index is 0.195. The Morgan fingerprint density at radius 3 is 3.14 bits per heavy atom. The number of imidazole rings is 1. The number of fused-ring (bicyclic) bond motifs is 1. The van der Waals surface area contributed by atoms with Crippen LogP contribution in [0.15, 0.2) is 11.6 Å². The van der Waals surface area contributed by atoms with Crippen molar-refractivity contribution in [2.75, 3.05) is 19.8 Å². The van der Waals surface area contributed by atoms with Crippen LogP contribution in [0.5, 0.6) is 0 Å². The Hall–Kier alpha value is -1.40. The van der Waals surface area contributed by atoms with Crippen molar-refractivity contribution in [1.29, 1.82) is 0 Å². The predicted octanol–water partition coefficient (Wildman–Crippen LogP) is 2.23. The zero-order chi connectivity index (χ0) is 14.4. The number of nitrogens with zero attached hydrogens (tertiary/aromatic N) is 3. The van der Waals surface area contributed by atoms with Gasteiger partial charge in [-0.25, -0.2) is 4.98 Å². The van der Waals surface area contributed by atoms with E-state index in [2.05, 4.69) is 27.9 Å². The van der Waals surface area contributed by atoms with Gasteiger partial charge < -0.3 is 9.64 Å². The van der Waals surface area contributed by atoms with E-state index in [-0.39, 0.29) is 11.3 Å². The van der Waals surface area contributed by atoms with Gasteiger partial charge in [-0.15, -0.1) is 11.3 Å². The van der Waals surface area contributed by atoms with Crippen LogP contribution in [0.2, 0.25) is 0 Å². The number of carbonyl (C=O) groups excluding carboxylic acids is 1. The molecule has 0 bridgehead atoms. The number of aryl methyl sites for hydroxylation is 1. The van der Waals surface area contributed by atoms with Gasteiger partial charge in [0.1, 0.15) is 0 Å². The summed E-state index contributed by atoms with van der Waals surface area (Å²) in [4.78, 5) is 19.8. The molecule has 0 unspecified atom stereocenters. The molecule has 1 atom stereocenters. The summed E-state index contributed by atoms with van der Waals surface area (Å²) in [7, 11) is 0. The van der Waals surface area contributed by atoms with Gasteiger partial charge in [0.05, 0.1) is 18.8 Å². The van der Waals surface area contributed by atoms with E-state index in [0.29, 0.717) is 13.0 Å². The van der Waals surface area contributed by atoms with E-state index in [1.807, 2.05) is 4.90 Å². The second-order valence-corrected chi connectivity index (χ2v) is 7.15. The lowest BCUT2D eigenvalue weighted by atomic mass is 9.79. The summed E-state index contributed by atoms with van der Waals surface area (Å²) in [6.07, 6.45) is 4.75. The van der Waals surface area contributed by atoms with E-state index in [4.69, 9.17) is 4.74 Å². The number of hydrogen-bond donors (Lipinski definition) is 0. The largest absolute Gasteiger partial charge is 0.381 e. The number of piperidine rings is 1. The zero-order valence-electron chi connectivity index (χ0n) is 12.2. The lowest BCUT2D eigenvalue weighted by Gasteiger charge is -2.38. The molecule has 6 heteroatoms. The Kier molecular flexibility index (Phi) is 3.04. The molecule has 0 saturated carbocycles. The van der Waals surface area contributed by atoms with Gasteiger partial charge in [0.15, 0.2) is 4.96 Å². The molecule has 0 radical (unpaired) electrons. The third-order valence-electron chi connectivity index (χ3n) is 4.72. The van der Waals surface area contributed by atoms with Crippen LogP contribution in [0.1, 0.15) is 30.7 Å². The van der Waals surface area contributed by atoms with E-state index in [0.717, 1.165) is 43.3 Å². The summed E-state index contributed by atoms with van der Waals surface area (Å²) >= 11 is 1.64. The standard InChI is InChI=1S/C15H19N3O2S/c1-11-8-21-14-16-12(7-18(11)14)6-17-9-15(3-2-13(17)19)4-5-20-10-15/h7-8H,2-6,9-10H2,1H3/t15-/m0/s1. The van der Waals surface area contributed by atoms with Gasteiger partial charge in [-0.2, -0.15) is 0 Å². The fourth-order valence-corrected chi connectivity index (χ4v) is 4.30. The van der Waals surface area contributed by atoms with Crippen molar-refractivity contribution in [3.05, 3.63) is 23.0 Å². The number of aromatic nitrogens is 2. The monoisotopic (exact) mass is 305 g/mol. The fraction of sp³-hybridized carbons (Fsp3) is 0.600. The first-order chi connectivity index (χ1) is 10.2. The maximum atomic E-state index is 12.2. The predicted molar refractivity (Wildman–Crippen MR) is 80.3 cm³/mol. The Morgan fingerprint density at radius 2 is 2.38 bits per heavy atom. The maximum absolute atomic E-state index is 12.2. The van der Waals surface area contributed by atoms with E-state index in [9.17, 15) is 4.79 Å². The van der Waals surface area contributed by atoms with Crippen molar-refractivity contribution >= 4 is 22.2 Å².